The second-order valence-electron chi connectivity index (χ2n) is 4.98. The Morgan fingerprint density at radius 2 is 2.10 bits per heavy atom. The van der Waals surface area contributed by atoms with E-state index >= 15 is 0 Å². The number of nitrogens with zero attached hydrogens (tertiary/aromatic N) is 1. The Hall–Kier alpha value is -2.57. The van der Waals surface area contributed by atoms with Crippen LogP contribution in [0.5, 0.6) is 5.75 Å². The molecule has 1 heterocycles. The number of carboxylic acid groups (broad SMARTS) is 1. The average Bonchev–Trinajstić information content (AvgIpc) is 2.64. The third-order valence-electron chi connectivity index (χ3n) is 3.68. The molecule has 2 amide bonds. The van der Waals surface area contributed by atoms with E-state index in [9.17, 15) is 19.5 Å². The van der Waals surface area contributed by atoms with E-state index in [1.807, 2.05) is 0 Å². The number of benzene rings is 1. The summed E-state index contributed by atoms with van der Waals surface area (Å²) in [4.78, 5) is 35.9. The van der Waals surface area contributed by atoms with E-state index in [4.69, 9.17) is 10.8 Å². The second kappa shape index (κ2) is 5.43. The van der Waals surface area contributed by atoms with Gasteiger partial charge in [-0.2, -0.15) is 0 Å². The predicted octanol–water partition coefficient (Wildman–Crippen LogP) is 0.628. The van der Waals surface area contributed by atoms with E-state index in [0.717, 1.165) is 0 Å². The minimum absolute atomic E-state index is 0.0303. The summed E-state index contributed by atoms with van der Waals surface area (Å²) >= 11 is 0. The number of fused-ring (bicyclic) bond motifs is 1. The van der Waals surface area contributed by atoms with Gasteiger partial charge in [0.05, 0.1) is 6.04 Å². The lowest BCUT2D eigenvalue weighted by Crippen LogP contribution is -2.46. The Balaban J connectivity index is 2.36. The van der Waals surface area contributed by atoms with Crippen LogP contribution < -0.4 is 5.73 Å². The zero-order valence-electron chi connectivity index (χ0n) is 11.4. The number of phenols is 1. The molecule has 1 aromatic rings. The Morgan fingerprint density at radius 1 is 1.43 bits per heavy atom. The minimum Gasteiger partial charge on any atom is -0.508 e. The Morgan fingerprint density at radius 3 is 2.62 bits per heavy atom. The second-order valence-corrected chi connectivity index (χ2v) is 4.98. The van der Waals surface area contributed by atoms with Crippen molar-refractivity contribution in [3.8, 4) is 5.75 Å². The molecule has 0 spiro atoms. The van der Waals surface area contributed by atoms with Gasteiger partial charge in [-0.1, -0.05) is 6.07 Å². The van der Waals surface area contributed by atoms with Crippen molar-refractivity contribution in [2.24, 2.45) is 5.73 Å². The maximum atomic E-state index is 12.4. The van der Waals surface area contributed by atoms with Gasteiger partial charge < -0.3 is 20.8 Å². The maximum Gasteiger partial charge on any atom is 0.303 e. The first-order valence-corrected chi connectivity index (χ1v) is 6.50. The van der Waals surface area contributed by atoms with Gasteiger partial charge in [-0.25, -0.2) is 0 Å². The highest BCUT2D eigenvalue weighted by Crippen LogP contribution is 2.40. The number of nitrogens with two attached hydrogens (primary N) is 1. The molecular formula is C14H16N2O5. The third-order valence-corrected chi connectivity index (χ3v) is 3.68. The van der Waals surface area contributed by atoms with Crippen LogP contribution in [0.3, 0.4) is 0 Å². The van der Waals surface area contributed by atoms with Crippen molar-refractivity contribution in [2.75, 3.05) is 0 Å². The van der Waals surface area contributed by atoms with E-state index in [0.29, 0.717) is 11.1 Å². The monoisotopic (exact) mass is 292 g/mol. The molecule has 0 saturated carbocycles. The van der Waals surface area contributed by atoms with Crippen molar-refractivity contribution >= 4 is 17.8 Å². The van der Waals surface area contributed by atoms with Gasteiger partial charge in [-0.15, -0.1) is 0 Å². The van der Waals surface area contributed by atoms with Crippen molar-refractivity contribution in [2.45, 2.75) is 31.8 Å². The average molecular weight is 292 g/mol. The van der Waals surface area contributed by atoms with E-state index in [-0.39, 0.29) is 18.6 Å². The van der Waals surface area contributed by atoms with Gasteiger partial charge in [0.2, 0.25) is 5.91 Å². The number of phenolic OH excluding ortho intramolecular Hbond substituents is 1. The molecule has 2 atom stereocenters. The molecule has 2 unspecified atom stereocenters. The molecule has 0 fully saturated rings. The lowest BCUT2D eigenvalue weighted by atomic mass is 10.0. The number of carbonyl (C=O) groups is 3. The SMILES string of the molecule is CC1c2c(O)cccc2C(=O)N1C(CCC(=O)O)C(N)=O. The third kappa shape index (κ3) is 2.54. The van der Waals surface area contributed by atoms with Crippen LogP contribution in [0.4, 0.5) is 0 Å². The molecule has 112 valence electrons. The summed E-state index contributed by atoms with van der Waals surface area (Å²) in [5.74, 6) is -2.29. The molecule has 0 bridgehead atoms. The Bertz CT molecular complexity index is 613. The molecule has 0 saturated heterocycles. The van der Waals surface area contributed by atoms with Gasteiger partial charge in [-0.3, -0.25) is 14.4 Å². The molecule has 2 rings (SSSR count). The molecule has 1 aliphatic heterocycles. The quantitative estimate of drug-likeness (QED) is 0.735. The highest BCUT2D eigenvalue weighted by molar-refractivity contribution is 6.02. The van der Waals surface area contributed by atoms with Gasteiger partial charge in [0.15, 0.2) is 0 Å². The first kappa shape index (κ1) is 14.8. The number of hydrogen-bond acceptors (Lipinski definition) is 4. The molecule has 7 heteroatoms. The maximum absolute atomic E-state index is 12.4. The van der Waals surface area contributed by atoms with Gasteiger partial charge in [-0.05, 0) is 25.5 Å². The number of carboxylic acids is 1. The number of rotatable bonds is 5. The number of aromatic hydroxyl groups is 1. The molecule has 4 N–H and O–H groups in total. The highest BCUT2D eigenvalue weighted by Gasteiger charge is 2.41. The normalized spacial score (nSPS) is 18.4. The van der Waals surface area contributed by atoms with Crippen molar-refractivity contribution in [3.05, 3.63) is 29.3 Å². The molecule has 0 aliphatic carbocycles. The van der Waals surface area contributed by atoms with Gasteiger partial charge in [0, 0.05) is 17.5 Å². The van der Waals surface area contributed by atoms with Gasteiger partial charge >= 0.3 is 5.97 Å². The Labute approximate surface area is 121 Å². The number of primary amides is 1. The molecule has 1 aromatic carbocycles. The van der Waals surface area contributed by atoms with Crippen LogP contribution in [-0.2, 0) is 9.59 Å². The first-order chi connectivity index (χ1) is 9.84. The molecular weight excluding hydrogens is 276 g/mol. The van der Waals surface area contributed by atoms with Crippen molar-refractivity contribution in [1.82, 2.24) is 4.90 Å². The van der Waals surface area contributed by atoms with Crippen LogP contribution >= 0.6 is 0 Å². The number of carbonyl (C=O) groups excluding carboxylic acids is 2. The summed E-state index contributed by atoms with van der Waals surface area (Å²) < 4.78 is 0. The van der Waals surface area contributed by atoms with E-state index in [2.05, 4.69) is 0 Å². The van der Waals surface area contributed by atoms with Crippen LogP contribution in [0.1, 0.15) is 41.7 Å². The number of amides is 2. The summed E-state index contributed by atoms with van der Waals surface area (Å²) in [6, 6.07) is 3.00. The summed E-state index contributed by atoms with van der Waals surface area (Å²) in [6.45, 7) is 1.67. The first-order valence-electron chi connectivity index (χ1n) is 6.50. The van der Waals surface area contributed by atoms with E-state index in [1.54, 1.807) is 19.1 Å². The summed E-state index contributed by atoms with van der Waals surface area (Å²) in [5, 5.41) is 18.6. The molecule has 0 radical (unpaired) electrons. The standard InChI is InChI=1S/C14H16N2O5/c1-7-12-8(3-2-4-10(12)17)14(21)16(7)9(13(15)20)5-6-11(18)19/h2-4,7,9,17H,5-6H2,1H3,(H2,15,20)(H,18,19). The fraction of sp³-hybridized carbons (Fsp3) is 0.357. The van der Waals surface area contributed by atoms with Crippen LogP contribution in [0.2, 0.25) is 0 Å². The van der Waals surface area contributed by atoms with Crippen molar-refractivity contribution in [1.29, 1.82) is 0 Å². The molecule has 1 aliphatic rings. The van der Waals surface area contributed by atoms with Gasteiger partial charge in [0.1, 0.15) is 11.8 Å². The topological polar surface area (TPSA) is 121 Å². The van der Waals surface area contributed by atoms with Crippen LogP contribution in [0.15, 0.2) is 18.2 Å². The zero-order chi connectivity index (χ0) is 15.7. The smallest absolute Gasteiger partial charge is 0.303 e. The lowest BCUT2D eigenvalue weighted by Gasteiger charge is -2.29. The predicted molar refractivity (Wildman–Crippen MR) is 72.5 cm³/mol. The van der Waals surface area contributed by atoms with Crippen molar-refractivity contribution < 1.29 is 24.6 Å². The van der Waals surface area contributed by atoms with Crippen LogP contribution in [0.25, 0.3) is 0 Å². The minimum atomic E-state index is -1.07. The van der Waals surface area contributed by atoms with Crippen molar-refractivity contribution in [3.63, 3.8) is 0 Å². The number of hydrogen-bond donors (Lipinski definition) is 3. The van der Waals surface area contributed by atoms with E-state index < -0.39 is 29.9 Å². The Kier molecular flexibility index (Phi) is 3.84. The molecule has 0 aromatic heterocycles. The van der Waals surface area contributed by atoms with Gasteiger partial charge in [0.25, 0.3) is 5.91 Å². The lowest BCUT2D eigenvalue weighted by molar-refractivity contribution is -0.137. The zero-order valence-corrected chi connectivity index (χ0v) is 11.4. The summed E-state index contributed by atoms with van der Waals surface area (Å²) in [6.07, 6.45) is -0.331. The highest BCUT2D eigenvalue weighted by atomic mass is 16.4. The fourth-order valence-corrected chi connectivity index (χ4v) is 2.72. The van der Waals surface area contributed by atoms with Crippen LogP contribution in [-0.4, -0.2) is 38.9 Å². The summed E-state index contributed by atoms with van der Waals surface area (Å²) in [5.41, 5.74) is 6.06. The summed E-state index contributed by atoms with van der Waals surface area (Å²) in [7, 11) is 0. The fourth-order valence-electron chi connectivity index (χ4n) is 2.72. The largest absolute Gasteiger partial charge is 0.508 e. The van der Waals surface area contributed by atoms with Crippen LogP contribution in [0, 0.1) is 0 Å². The molecule has 7 nitrogen and oxygen atoms in total. The molecule has 21 heavy (non-hydrogen) atoms. The number of aliphatic carboxylic acids is 1. The van der Waals surface area contributed by atoms with E-state index in [1.165, 1.54) is 11.0 Å².